The van der Waals surface area contributed by atoms with Crippen molar-refractivity contribution in [1.29, 1.82) is 5.26 Å². The molecule has 0 saturated carbocycles. The summed E-state index contributed by atoms with van der Waals surface area (Å²) in [4.78, 5) is 0. The summed E-state index contributed by atoms with van der Waals surface area (Å²) in [6.45, 7) is 1.98. The first kappa shape index (κ1) is 13.4. The Labute approximate surface area is 120 Å². The SMILES string of the molecule is CC(N)NC1CC(C2CC=CC(C#N)C2)=CC2=CNC21. The van der Waals surface area contributed by atoms with Crippen LogP contribution in [0.15, 0.2) is 35.6 Å². The highest BCUT2D eigenvalue weighted by Gasteiger charge is 2.35. The number of nitrogens with one attached hydrogen (secondary N) is 2. The van der Waals surface area contributed by atoms with Gasteiger partial charge in [0.2, 0.25) is 0 Å². The molecule has 20 heavy (non-hydrogen) atoms. The third-order valence-corrected chi connectivity index (χ3v) is 4.49. The molecule has 3 aliphatic rings. The average molecular weight is 270 g/mol. The van der Waals surface area contributed by atoms with Crippen LogP contribution < -0.4 is 16.4 Å². The molecule has 2 aliphatic carbocycles. The van der Waals surface area contributed by atoms with Crippen LogP contribution >= 0.6 is 0 Å². The highest BCUT2D eigenvalue weighted by atomic mass is 15.1. The lowest BCUT2D eigenvalue weighted by molar-refractivity contribution is 0.344. The van der Waals surface area contributed by atoms with Crippen molar-refractivity contribution in [2.45, 2.75) is 44.4 Å². The van der Waals surface area contributed by atoms with Crippen molar-refractivity contribution in [3.05, 3.63) is 35.6 Å². The zero-order valence-corrected chi connectivity index (χ0v) is 11.8. The zero-order chi connectivity index (χ0) is 14.1. The largest absolute Gasteiger partial charge is 0.382 e. The maximum Gasteiger partial charge on any atom is 0.0697 e. The minimum absolute atomic E-state index is 0.00103. The minimum Gasteiger partial charge on any atom is -0.382 e. The van der Waals surface area contributed by atoms with E-state index in [9.17, 15) is 0 Å². The molecule has 1 heterocycles. The van der Waals surface area contributed by atoms with E-state index >= 15 is 0 Å². The Morgan fingerprint density at radius 2 is 2.40 bits per heavy atom. The molecule has 0 fully saturated rings. The monoisotopic (exact) mass is 270 g/mol. The van der Waals surface area contributed by atoms with Crippen molar-refractivity contribution in [2.75, 3.05) is 0 Å². The average Bonchev–Trinajstić information content (AvgIpc) is 2.40. The molecule has 5 atom stereocenters. The van der Waals surface area contributed by atoms with E-state index in [1.165, 1.54) is 11.1 Å². The van der Waals surface area contributed by atoms with E-state index in [0.717, 1.165) is 19.3 Å². The smallest absolute Gasteiger partial charge is 0.0697 e. The van der Waals surface area contributed by atoms with Gasteiger partial charge < -0.3 is 11.1 Å². The van der Waals surface area contributed by atoms with Gasteiger partial charge in [-0.05, 0) is 37.7 Å². The second kappa shape index (κ2) is 5.43. The number of rotatable bonds is 3. The molecule has 0 saturated heterocycles. The van der Waals surface area contributed by atoms with Crippen LogP contribution in [-0.4, -0.2) is 18.2 Å². The lowest BCUT2D eigenvalue weighted by atomic mass is 9.74. The molecule has 5 unspecified atom stereocenters. The van der Waals surface area contributed by atoms with Crippen molar-refractivity contribution in [1.82, 2.24) is 10.6 Å². The fraction of sp³-hybridized carbons (Fsp3) is 0.562. The highest BCUT2D eigenvalue weighted by Crippen LogP contribution is 2.37. The van der Waals surface area contributed by atoms with Gasteiger partial charge in [0.25, 0.3) is 0 Å². The van der Waals surface area contributed by atoms with E-state index < -0.39 is 0 Å². The predicted octanol–water partition coefficient (Wildman–Crippen LogP) is 1.54. The predicted molar refractivity (Wildman–Crippen MR) is 79.2 cm³/mol. The second-order valence-corrected chi connectivity index (χ2v) is 6.11. The highest BCUT2D eigenvalue weighted by molar-refractivity contribution is 5.41. The Bertz CT molecular complexity index is 509. The first-order valence-corrected chi connectivity index (χ1v) is 7.42. The first-order valence-electron chi connectivity index (χ1n) is 7.42. The van der Waals surface area contributed by atoms with Crippen LogP contribution in [0.1, 0.15) is 26.2 Å². The van der Waals surface area contributed by atoms with E-state index in [1.807, 2.05) is 13.0 Å². The molecule has 0 spiro atoms. The molecule has 0 aromatic heterocycles. The fourth-order valence-electron chi connectivity index (χ4n) is 3.46. The molecule has 0 aromatic rings. The van der Waals surface area contributed by atoms with Gasteiger partial charge >= 0.3 is 0 Å². The summed E-state index contributed by atoms with van der Waals surface area (Å²) in [6, 6.07) is 3.13. The molecule has 4 N–H and O–H groups in total. The number of hydrogen-bond donors (Lipinski definition) is 3. The van der Waals surface area contributed by atoms with Crippen LogP contribution in [-0.2, 0) is 0 Å². The van der Waals surface area contributed by atoms with Gasteiger partial charge in [-0.15, -0.1) is 0 Å². The number of nitrogens with two attached hydrogens (primary N) is 1. The van der Waals surface area contributed by atoms with Gasteiger partial charge in [0.05, 0.1) is 24.2 Å². The number of hydrogen-bond acceptors (Lipinski definition) is 4. The van der Waals surface area contributed by atoms with Gasteiger partial charge in [-0.1, -0.05) is 23.8 Å². The molecule has 0 amide bonds. The van der Waals surface area contributed by atoms with Crippen LogP contribution in [0.4, 0.5) is 0 Å². The molecule has 0 aromatic carbocycles. The molecule has 4 nitrogen and oxygen atoms in total. The van der Waals surface area contributed by atoms with E-state index in [1.54, 1.807) is 0 Å². The summed E-state index contributed by atoms with van der Waals surface area (Å²) in [7, 11) is 0. The van der Waals surface area contributed by atoms with Crippen LogP contribution in [0.5, 0.6) is 0 Å². The molecule has 0 radical (unpaired) electrons. The molecule has 0 bridgehead atoms. The summed E-state index contributed by atoms with van der Waals surface area (Å²) in [5, 5.41) is 15.9. The van der Waals surface area contributed by atoms with E-state index in [4.69, 9.17) is 11.0 Å². The van der Waals surface area contributed by atoms with Gasteiger partial charge in [0.15, 0.2) is 0 Å². The molecular formula is C16H22N4. The van der Waals surface area contributed by atoms with Crippen LogP contribution in [0.25, 0.3) is 0 Å². The summed E-state index contributed by atoms with van der Waals surface area (Å²) >= 11 is 0. The number of nitriles is 1. The summed E-state index contributed by atoms with van der Waals surface area (Å²) in [5.74, 6) is 0.574. The molecule has 3 rings (SSSR count). The topological polar surface area (TPSA) is 73.9 Å². The molecule has 1 aliphatic heterocycles. The zero-order valence-electron chi connectivity index (χ0n) is 11.8. The van der Waals surface area contributed by atoms with Crippen molar-refractivity contribution in [2.24, 2.45) is 17.6 Å². The van der Waals surface area contributed by atoms with E-state index in [-0.39, 0.29) is 12.1 Å². The third kappa shape index (κ3) is 2.52. The lowest BCUT2D eigenvalue weighted by Gasteiger charge is -2.42. The summed E-state index contributed by atoms with van der Waals surface area (Å²) in [5.41, 5.74) is 8.73. The second-order valence-electron chi connectivity index (χ2n) is 6.11. The van der Waals surface area contributed by atoms with E-state index in [2.05, 4.69) is 35.1 Å². The van der Waals surface area contributed by atoms with Crippen LogP contribution in [0.2, 0.25) is 0 Å². The molecule has 106 valence electrons. The lowest BCUT2D eigenvalue weighted by Crippen LogP contribution is -2.57. The van der Waals surface area contributed by atoms with Crippen LogP contribution in [0.3, 0.4) is 0 Å². The minimum atomic E-state index is 0.00103. The Morgan fingerprint density at radius 3 is 3.05 bits per heavy atom. The summed E-state index contributed by atoms with van der Waals surface area (Å²) < 4.78 is 0. The van der Waals surface area contributed by atoms with Gasteiger partial charge in [-0.25, -0.2) is 0 Å². The maximum atomic E-state index is 9.11. The third-order valence-electron chi connectivity index (χ3n) is 4.49. The Hall–Kier alpha value is -1.57. The number of allylic oxidation sites excluding steroid dienone is 2. The quantitative estimate of drug-likeness (QED) is 0.537. The Kier molecular flexibility index (Phi) is 3.64. The Balaban J connectivity index is 1.75. The standard InChI is InChI=1S/C16H22N4/c1-10(18)20-15-7-13(6-14-9-19-16(14)15)12-4-2-3-11(5-12)8-17/h2-3,6,9-12,15-16,19-20H,4-5,7,18H2,1H3. The molecular weight excluding hydrogens is 248 g/mol. The van der Waals surface area contributed by atoms with Crippen molar-refractivity contribution >= 4 is 0 Å². The normalized spacial score (nSPS) is 36.6. The number of nitrogens with zero attached hydrogens (tertiary/aromatic N) is 1. The number of fused-ring (bicyclic) bond motifs is 1. The van der Waals surface area contributed by atoms with Gasteiger partial charge in [0.1, 0.15) is 0 Å². The van der Waals surface area contributed by atoms with E-state index in [0.29, 0.717) is 18.0 Å². The molecule has 4 heteroatoms. The maximum absolute atomic E-state index is 9.11. The van der Waals surface area contributed by atoms with Gasteiger partial charge in [-0.3, -0.25) is 5.32 Å². The first-order chi connectivity index (χ1) is 9.67. The van der Waals surface area contributed by atoms with Crippen molar-refractivity contribution in [3.63, 3.8) is 0 Å². The summed E-state index contributed by atoms with van der Waals surface area (Å²) in [6.07, 6.45) is 11.7. The van der Waals surface area contributed by atoms with Gasteiger partial charge in [-0.2, -0.15) is 5.26 Å². The van der Waals surface area contributed by atoms with Crippen molar-refractivity contribution < 1.29 is 0 Å². The van der Waals surface area contributed by atoms with Crippen LogP contribution in [0, 0.1) is 23.2 Å². The fourth-order valence-corrected chi connectivity index (χ4v) is 3.46. The van der Waals surface area contributed by atoms with Gasteiger partial charge in [0, 0.05) is 12.2 Å². The van der Waals surface area contributed by atoms with Crippen molar-refractivity contribution in [3.8, 4) is 6.07 Å². The Morgan fingerprint density at radius 1 is 1.55 bits per heavy atom.